The number of aromatic amines is 1. The fourth-order valence-corrected chi connectivity index (χ4v) is 2.05. The third-order valence-corrected chi connectivity index (χ3v) is 2.94. The molecule has 17 heavy (non-hydrogen) atoms. The Hall–Kier alpha value is -2.53. The third kappa shape index (κ3) is 1.58. The molecule has 0 saturated heterocycles. The van der Waals surface area contributed by atoms with Crippen LogP contribution in [0.4, 0.5) is 0 Å². The van der Waals surface area contributed by atoms with E-state index in [0.29, 0.717) is 28.0 Å². The first-order valence-corrected chi connectivity index (χ1v) is 5.44. The highest BCUT2D eigenvalue weighted by Gasteiger charge is 2.16. The van der Waals surface area contributed by atoms with Crippen molar-refractivity contribution in [2.75, 3.05) is 0 Å². The van der Waals surface area contributed by atoms with Gasteiger partial charge in [-0.25, -0.2) is 4.98 Å². The van der Waals surface area contributed by atoms with E-state index < -0.39 is 0 Å². The third-order valence-electron chi connectivity index (χ3n) is 2.03. The molecule has 0 radical (unpaired) electrons. The Bertz CT molecular complexity index is 676. The Labute approximate surface area is 98.7 Å². The van der Waals surface area contributed by atoms with Gasteiger partial charge in [0.25, 0.3) is 5.89 Å². The summed E-state index contributed by atoms with van der Waals surface area (Å²) in [6.07, 6.45) is 1.36. The Kier molecular flexibility index (Phi) is 2.16. The van der Waals surface area contributed by atoms with Gasteiger partial charge in [-0.1, -0.05) is 5.16 Å². The van der Waals surface area contributed by atoms with Gasteiger partial charge in [-0.05, 0) is 11.4 Å². The molecule has 0 aliphatic carbocycles. The number of nitrogens with zero attached hydrogens (tertiary/aromatic N) is 5. The number of rotatable bonds is 2. The van der Waals surface area contributed by atoms with Crippen LogP contribution >= 0.6 is 11.3 Å². The van der Waals surface area contributed by atoms with Crippen molar-refractivity contribution >= 4 is 11.3 Å². The smallest absolute Gasteiger partial charge is 0.269 e. The lowest BCUT2D eigenvalue weighted by molar-refractivity contribution is 0.432. The van der Waals surface area contributed by atoms with E-state index in [9.17, 15) is 0 Å². The molecule has 0 spiro atoms. The molecule has 1 N–H and O–H groups in total. The van der Waals surface area contributed by atoms with Crippen molar-refractivity contribution in [2.45, 2.75) is 0 Å². The fourth-order valence-electron chi connectivity index (χ4n) is 1.29. The molecule has 0 saturated carbocycles. The number of nitriles is 1. The minimum atomic E-state index is 0.308. The predicted molar refractivity (Wildman–Crippen MR) is 57.7 cm³/mol. The minimum absolute atomic E-state index is 0.308. The molecule has 0 amide bonds. The van der Waals surface area contributed by atoms with Crippen molar-refractivity contribution in [3.8, 4) is 28.5 Å². The summed E-state index contributed by atoms with van der Waals surface area (Å²) in [5, 5.41) is 20.8. The summed E-state index contributed by atoms with van der Waals surface area (Å²) in [5.41, 5.74) is 0.516. The molecule has 0 fully saturated rings. The number of hydrogen-bond donors (Lipinski definition) is 1. The monoisotopic (exact) mass is 244 g/mol. The average Bonchev–Trinajstić information content (AvgIpc) is 3.09. The van der Waals surface area contributed by atoms with E-state index in [4.69, 9.17) is 9.78 Å². The summed E-state index contributed by atoms with van der Waals surface area (Å²) < 4.78 is 5.09. The lowest BCUT2D eigenvalue weighted by Crippen LogP contribution is -1.83. The van der Waals surface area contributed by atoms with Crippen molar-refractivity contribution in [1.29, 1.82) is 5.26 Å². The second-order valence-corrected chi connectivity index (χ2v) is 3.95. The number of aromatic nitrogens is 5. The highest BCUT2D eigenvalue weighted by molar-refractivity contribution is 7.13. The Morgan fingerprint density at radius 2 is 2.41 bits per heavy atom. The van der Waals surface area contributed by atoms with Crippen molar-refractivity contribution in [3.63, 3.8) is 0 Å². The molecule has 0 aliphatic heterocycles. The molecule has 8 heteroatoms. The molecule has 3 heterocycles. The van der Waals surface area contributed by atoms with Crippen LogP contribution in [0.2, 0.25) is 0 Å². The van der Waals surface area contributed by atoms with Gasteiger partial charge in [0, 0.05) is 0 Å². The van der Waals surface area contributed by atoms with E-state index in [1.54, 1.807) is 11.4 Å². The topological polar surface area (TPSA) is 104 Å². The zero-order chi connectivity index (χ0) is 11.7. The zero-order valence-corrected chi connectivity index (χ0v) is 9.10. The maximum absolute atomic E-state index is 8.90. The lowest BCUT2D eigenvalue weighted by atomic mass is 10.3. The van der Waals surface area contributed by atoms with Crippen LogP contribution in [0.1, 0.15) is 5.56 Å². The van der Waals surface area contributed by atoms with E-state index in [2.05, 4.69) is 31.4 Å². The SMILES string of the molecule is N#Cc1ccsc1-c1nc(-c2ncn[nH]2)no1. The largest absolute Gasteiger partial charge is 0.333 e. The molecule has 7 nitrogen and oxygen atoms in total. The molecule has 0 aromatic carbocycles. The van der Waals surface area contributed by atoms with Gasteiger partial charge in [-0.15, -0.1) is 11.3 Å². The quantitative estimate of drug-likeness (QED) is 0.731. The lowest BCUT2D eigenvalue weighted by Gasteiger charge is -1.86. The Morgan fingerprint density at radius 3 is 3.18 bits per heavy atom. The number of thiophene rings is 1. The fraction of sp³-hybridized carbons (Fsp3) is 0. The average molecular weight is 244 g/mol. The van der Waals surface area contributed by atoms with Crippen LogP contribution in [0.3, 0.4) is 0 Å². The van der Waals surface area contributed by atoms with Gasteiger partial charge in [0.15, 0.2) is 5.82 Å². The van der Waals surface area contributed by atoms with Crippen molar-refractivity contribution in [3.05, 3.63) is 23.3 Å². The Morgan fingerprint density at radius 1 is 1.47 bits per heavy atom. The molecule has 0 aliphatic rings. The molecule has 0 unspecified atom stereocenters. The maximum atomic E-state index is 8.90. The number of nitrogens with one attached hydrogen (secondary N) is 1. The summed E-state index contributed by atoms with van der Waals surface area (Å²) in [7, 11) is 0. The van der Waals surface area contributed by atoms with Gasteiger partial charge in [0.1, 0.15) is 17.3 Å². The van der Waals surface area contributed by atoms with Gasteiger partial charge in [0.2, 0.25) is 5.82 Å². The number of hydrogen-bond acceptors (Lipinski definition) is 7. The molecule has 82 valence electrons. The molecule has 3 aromatic heterocycles. The number of H-pyrrole nitrogens is 1. The van der Waals surface area contributed by atoms with Crippen molar-refractivity contribution < 1.29 is 4.52 Å². The van der Waals surface area contributed by atoms with Crippen LogP contribution in [0.25, 0.3) is 22.4 Å². The summed E-state index contributed by atoms with van der Waals surface area (Å²) in [5.74, 6) is 1.05. The van der Waals surface area contributed by atoms with E-state index in [1.807, 2.05) is 0 Å². The molecule has 0 atom stereocenters. The van der Waals surface area contributed by atoms with Gasteiger partial charge >= 0.3 is 0 Å². The first kappa shape index (κ1) is 9.68. The Balaban J connectivity index is 2.04. The second kappa shape index (κ2) is 3.80. The van der Waals surface area contributed by atoms with Gasteiger partial charge < -0.3 is 4.52 Å². The zero-order valence-electron chi connectivity index (χ0n) is 8.28. The standard InChI is InChI=1S/C9H4N6OS/c10-3-5-1-2-17-6(5)9-13-8(15-16-9)7-11-4-12-14-7/h1-2,4H,(H,11,12,14). The van der Waals surface area contributed by atoms with Gasteiger partial charge in [-0.2, -0.15) is 15.3 Å². The molecule has 3 rings (SSSR count). The van der Waals surface area contributed by atoms with Gasteiger partial charge in [0.05, 0.1) is 5.56 Å². The van der Waals surface area contributed by atoms with E-state index in [1.165, 1.54) is 17.7 Å². The van der Waals surface area contributed by atoms with E-state index in [0.717, 1.165) is 0 Å². The molecule has 3 aromatic rings. The highest BCUT2D eigenvalue weighted by atomic mass is 32.1. The van der Waals surface area contributed by atoms with Crippen LogP contribution in [0.15, 0.2) is 22.3 Å². The first-order chi connectivity index (χ1) is 8.38. The predicted octanol–water partition coefficient (Wildman–Crippen LogP) is 1.45. The molecular formula is C9H4N6OS. The van der Waals surface area contributed by atoms with E-state index >= 15 is 0 Å². The molecule has 0 bridgehead atoms. The van der Waals surface area contributed by atoms with Crippen molar-refractivity contribution in [1.82, 2.24) is 25.3 Å². The van der Waals surface area contributed by atoms with Crippen LogP contribution < -0.4 is 0 Å². The summed E-state index contributed by atoms with van der Waals surface area (Å²) in [4.78, 5) is 8.72. The van der Waals surface area contributed by atoms with Crippen LogP contribution in [-0.4, -0.2) is 25.3 Å². The highest BCUT2D eigenvalue weighted by Crippen LogP contribution is 2.28. The minimum Gasteiger partial charge on any atom is -0.333 e. The van der Waals surface area contributed by atoms with Crippen molar-refractivity contribution in [2.24, 2.45) is 0 Å². The second-order valence-electron chi connectivity index (χ2n) is 3.03. The summed E-state index contributed by atoms with van der Waals surface area (Å²) >= 11 is 1.37. The first-order valence-electron chi connectivity index (χ1n) is 4.56. The van der Waals surface area contributed by atoms with Gasteiger partial charge in [-0.3, -0.25) is 5.10 Å². The summed E-state index contributed by atoms with van der Waals surface area (Å²) in [6.45, 7) is 0. The summed E-state index contributed by atoms with van der Waals surface area (Å²) in [6, 6.07) is 3.77. The normalized spacial score (nSPS) is 10.3. The van der Waals surface area contributed by atoms with Crippen LogP contribution in [-0.2, 0) is 0 Å². The van der Waals surface area contributed by atoms with E-state index in [-0.39, 0.29) is 0 Å². The molecular weight excluding hydrogens is 240 g/mol. The maximum Gasteiger partial charge on any atom is 0.269 e. The van der Waals surface area contributed by atoms with Crippen LogP contribution in [0.5, 0.6) is 0 Å². The van der Waals surface area contributed by atoms with Crippen LogP contribution in [0, 0.1) is 11.3 Å².